The molecule has 21 heavy (non-hydrogen) atoms. The molecule has 0 saturated carbocycles. The number of nitrogens with two attached hydrogens (primary N) is 1. The van der Waals surface area contributed by atoms with E-state index in [9.17, 15) is 0 Å². The molecule has 114 valence electrons. The van der Waals surface area contributed by atoms with Crippen molar-refractivity contribution in [2.24, 2.45) is 5.73 Å². The van der Waals surface area contributed by atoms with E-state index in [1.165, 1.54) is 0 Å². The molecule has 0 unspecified atom stereocenters. The molecule has 0 fully saturated rings. The van der Waals surface area contributed by atoms with Gasteiger partial charge in [0, 0.05) is 16.8 Å². The number of para-hydroxylation sites is 2. The number of methoxy groups -OCH3 is 1. The maximum absolute atomic E-state index is 5.82. The number of nitrogens with zero attached hydrogens (tertiary/aromatic N) is 1. The molecule has 0 aliphatic heterocycles. The lowest BCUT2D eigenvalue weighted by Gasteiger charge is -2.16. The quantitative estimate of drug-likeness (QED) is 0.918. The average Bonchev–Trinajstić information content (AvgIpc) is 2.89. The van der Waals surface area contributed by atoms with E-state index in [0.717, 1.165) is 27.1 Å². The molecule has 0 spiro atoms. The van der Waals surface area contributed by atoms with Gasteiger partial charge in [-0.15, -0.1) is 11.3 Å². The van der Waals surface area contributed by atoms with E-state index in [0.29, 0.717) is 13.2 Å². The zero-order chi connectivity index (χ0) is 15.5. The van der Waals surface area contributed by atoms with Crippen LogP contribution in [0.25, 0.3) is 0 Å². The molecule has 0 amide bonds. The van der Waals surface area contributed by atoms with Crippen LogP contribution in [0.15, 0.2) is 24.3 Å². The second-order valence-corrected chi connectivity index (χ2v) is 6.94. The van der Waals surface area contributed by atoms with Gasteiger partial charge in [-0.3, -0.25) is 0 Å². The lowest BCUT2D eigenvalue weighted by molar-refractivity contribution is 0.283. The molecule has 2 N–H and O–H groups in total. The SMILES string of the molecule is COc1ccccc1OCc1nc(C(C)(C)C)c(CN)s1. The minimum Gasteiger partial charge on any atom is -0.493 e. The predicted molar refractivity (Wildman–Crippen MR) is 86.0 cm³/mol. The van der Waals surface area contributed by atoms with Crippen LogP contribution in [-0.4, -0.2) is 12.1 Å². The fourth-order valence-electron chi connectivity index (χ4n) is 2.06. The van der Waals surface area contributed by atoms with Crippen molar-refractivity contribution in [3.05, 3.63) is 39.8 Å². The Kier molecular flexibility index (Phi) is 4.85. The van der Waals surface area contributed by atoms with Crippen molar-refractivity contribution in [2.45, 2.75) is 39.3 Å². The third-order valence-electron chi connectivity index (χ3n) is 3.06. The van der Waals surface area contributed by atoms with Gasteiger partial charge in [0.1, 0.15) is 11.6 Å². The van der Waals surface area contributed by atoms with Gasteiger partial charge in [0.2, 0.25) is 0 Å². The van der Waals surface area contributed by atoms with E-state index in [1.807, 2.05) is 24.3 Å². The standard InChI is InChI=1S/C16H22N2O2S/c1-16(2,3)15-13(9-17)21-14(18-15)10-20-12-8-6-5-7-11(12)19-4/h5-8H,9-10,17H2,1-4H3. The first-order valence-electron chi connectivity index (χ1n) is 6.90. The van der Waals surface area contributed by atoms with Gasteiger partial charge in [-0.25, -0.2) is 4.98 Å². The summed E-state index contributed by atoms with van der Waals surface area (Å²) >= 11 is 1.62. The Hall–Kier alpha value is -1.59. The molecule has 1 aromatic heterocycles. The Balaban J connectivity index is 2.15. The normalized spacial score (nSPS) is 11.5. The summed E-state index contributed by atoms with van der Waals surface area (Å²) < 4.78 is 11.1. The molecule has 0 aliphatic carbocycles. The van der Waals surface area contributed by atoms with E-state index in [2.05, 4.69) is 20.8 Å². The molecule has 0 bridgehead atoms. The first kappa shape index (κ1) is 15.8. The molecule has 1 heterocycles. The minimum atomic E-state index is -0.00606. The fraction of sp³-hybridized carbons (Fsp3) is 0.438. The Morgan fingerprint density at radius 1 is 1.19 bits per heavy atom. The molecule has 0 atom stereocenters. The van der Waals surface area contributed by atoms with Crippen LogP contribution in [0, 0.1) is 0 Å². The van der Waals surface area contributed by atoms with Crippen LogP contribution in [0.5, 0.6) is 11.5 Å². The molecule has 2 rings (SSSR count). The van der Waals surface area contributed by atoms with Crippen molar-refractivity contribution in [3.8, 4) is 11.5 Å². The van der Waals surface area contributed by atoms with Crippen LogP contribution in [0.4, 0.5) is 0 Å². The second kappa shape index (κ2) is 6.45. The molecule has 1 aromatic carbocycles. The highest BCUT2D eigenvalue weighted by atomic mass is 32.1. The molecule has 0 aliphatic rings. The van der Waals surface area contributed by atoms with E-state index < -0.39 is 0 Å². The van der Waals surface area contributed by atoms with Crippen molar-refractivity contribution in [1.29, 1.82) is 0 Å². The molecular weight excluding hydrogens is 284 g/mol. The van der Waals surface area contributed by atoms with E-state index in [1.54, 1.807) is 18.4 Å². The van der Waals surface area contributed by atoms with Crippen LogP contribution in [-0.2, 0) is 18.6 Å². The molecule has 0 radical (unpaired) electrons. The van der Waals surface area contributed by atoms with Crippen LogP contribution in [0.2, 0.25) is 0 Å². The van der Waals surface area contributed by atoms with E-state index in [-0.39, 0.29) is 5.41 Å². The number of ether oxygens (including phenoxy) is 2. The van der Waals surface area contributed by atoms with Gasteiger partial charge >= 0.3 is 0 Å². The van der Waals surface area contributed by atoms with Gasteiger partial charge < -0.3 is 15.2 Å². The smallest absolute Gasteiger partial charge is 0.161 e. The van der Waals surface area contributed by atoms with Crippen molar-refractivity contribution in [3.63, 3.8) is 0 Å². The number of aromatic nitrogens is 1. The summed E-state index contributed by atoms with van der Waals surface area (Å²) in [7, 11) is 1.63. The zero-order valence-electron chi connectivity index (χ0n) is 13.0. The fourth-order valence-corrected chi connectivity index (χ4v) is 3.14. The van der Waals surface area contributed by atoms with Crippen LogP contribution in [0.3, 0.4) is 0 Å². The average molecular weight is 306 g/mol. The third kappa shape index (κ3) is 3.74. The number of benzene rings is 1. The summed E-state index contributed by atoms with van der Waals surface area (Å²) in [5.41, 5.74) is 6.88. The maximum atomic E-state index is 5.82. The summed E-state index contributed by atoms with van der Waals surface area (Å²) in [5, 5.41) is 0.936. The first-order valence-corrected chi connectivity index (χ1v) is 7.72. The highest BCUT2D eigenvalue weighted by Gasteiger charge is 2.22. The minimum absolute atomic E-state index is 0.00606. The summed E-state index contributed by atoms with van der Waals surface area (Å²) in [6.07, 6.45) is 0. The third-order valence-corrected chi connectivity index (χ3v) is 4.11. The summed E-state index contributed by atoms with van der Waals surface area (Å²) in [6.45, 7) is 7.37. The van der Waals surface area contributed by atoms with Crippen molar-refractivity contribution in [2.75, 3.05) is 7.11 Å². The monoisotopic (exact) mass is 306 g/mol. The highest BCUT2D eigenvalue weighted by Crippen LogP contribution is 2.31. The number of rotatable bonds is 5. The van der Waals surface area contributed by atoms with Crippen LogP contribution in [0.1, 0.15) is 36.3 Å². The number of hydrogen-bond donors (Lipinski definition) is 1. The van der Waals surface area contributed by atoms with Crippen molar-refractivity contribution in [1.82, 2.24) is 4.98 Å². The predicted octanol–water partition coefficient (Wildman–Crippen LogP) is 3.49. The summed E-state index contributed by atoms with van der Waals surface area (Å²) in [6, 6.07) is 7.61. The van der Waals surface area contributed by atoms with Crippen molar-refractivity contribution < 1.29 is 9.47 Å². The number of hydrogen-bond acceptors (Lipinski definition) is 5. The Labute approximate surface area is 129 Å². The molecule has 5 heteroatoms. The first-order chi connectivity index (χ1) is 9.95. The van der Waals surface area contributed by atoms with Gasteiger partial charge in [-0.1, -0.05) is 32.9 Å². The largest absolute Gasteiger partial charge is 0.493 e. The lowest BCUT2D eigenvalue weighted by atomic mass is 9.91. The van der Waals surface area contributed by atoms with Gasteiger partial charge in [-0.05, 0) is 12.1 Å². The zero-order valence-corrected chi connectivity index (χ0v) is 13.8. The van der Waals surface area contributed by atoms with Crippen LogP contribution >= 0.6 is 11.3 Å². The summed E-state index contributed by atoms with van der Waals surface area (Å²) in [5.74, 6) is 1.45. The lowest BCUT2D eigenvalue weighted by Crippen LogP contribution is -2.15. The molecule has 2 aromatic rings. The maximum Gasteiger partial charge on any atom is 0.161 e. The number of thiazole rings is 1. The van der Waals surface area contributed by atoms with Gasteiger partial charge in [0.05, 0.1) is 12.8 Å². The molecule has 4 nitrogen and oxygen atoms in total. The van der Waals surface area contributed by atoms with Gasteiger partial charge in [0.15, 0.2) is 11.5 Å². The topological polar surface area (TPSA) is 57.4 Å². The Morgan fingerprint density at radius 2 is 1.86 bits per heavy atom. The molecule has 0 saturated heterocycles. The summed E-state index contributed by atoms with van der Waals surface area (Å²) in [4.78, 5) is 5.82. The Bertz CT molecular complexity index is 603. The second-order valence-electron chi connectivity index (χ2n) is 5.77. The highest BCUT2D eigenvalue weighted by molar-refractivity contribution is 7.11. The van der Waals surface area contributed by atoms with E-state index >= 15 is 0 Å². The Morgan fingerprint density at radius 3 is 2.38 bits per heavy atom. The van der Waals surface area contributed by atoms with Crippen molar-refractivity contribution >= 4 is 11.3 Å². The van der Waals surface area contributed by atoms with E-state index in [4.69, 9.17) is 20.2 Å². The van der Waals surface area contributed by atoms with Gasteiger partial charge in [-0.2, -0.15) is 0 Å². The van der Waals surface area contributed by atoms with Crippen LogP contribution < -0.4 is 15.2 Å². The van der Waals surface area contributed by atoms with Gasteiger partial charge in [0.25, 0.3) is 0 Å². The molecular formula is C16H22N2O2S.